The first-order valence-electron chi connectivity index (χ1n) is 16.7. The fraction of sp³-hybridized carbons (Fsp3) is 0.611. The Morgan fingerprint density at radius 3 is 2.21 bits per heavy atom. The SMILES string of the molecule is COC(=O)C[C@H](C(=O)N1C[C@@H](C)C[C@H]1C1=NC=C(C#CC#Cc2cnc([C@@H]3C[C@H](C)CN3C(=O)[C@@H](NC(=O)OC)C(C)C)[nH]2)C1)C(C)C. The van der Waals surface area contributed by atoms with Crippen LogP contribution >= 0.6 is 0 Å². The number of amides is 3. The maximum atomic E-state index is 13.6. The van der Waals surface area contributed by atoms with Crippen LogP contribution in [0.3, 0.4) is 0 Å². The Balaban J connectivity index is 1.38. The summed E-state index contributed by atoms with van der Waals surface area (Å²) >= 11 is 0. The topological polar surface area (TPSA) is 146 Å². The molecule has 12 heteroatoms. The molecule has 48 heavy (non-hydrogen) atoms. The minimum atomic E-state index is -0.715. The van der Waals surface area contributed by atoms with Crippen LogP contribution in [0.1, 0.15) is 84.8 Å². The predicted octanol–water partition coefficient (Wildman–Crippen LogP) is 3.86. The molecule has 0 bridgehead atoms. The average Bonchev–Trinajstić information content (AvgIpc) is 3.86. The third-order valence-electron chi connectivity index (χ3n) is 9.25. The van der Waals surface area contributed by atoms with Crippen LogP contribution in [0, 0.1) is 53.3 Å². The zero-order valence-electron chi connectivity index (χ0n) is 29.3. The number of aliphatic imine (C=N–C) groups is 1. The monoisotopic (exact) mass is 660 g/mol. The van der Waals surface area contributed by atoms with Gasteiger partial charge in [-0.15, -0.1) is 0 Å². The number of nitrogens with zero attached hydrogens (tertiary/aromatic N) is 4. The van der Waals surface area contributed by atoms with E-state index >= 15 is 0 Å². The number of alkyl carbamates (subject to hydrolysis) is 1. The second-order valence-corrected chi connectivity index (χ2v) is 13.8. The van der Waals surface area contributed by atoms with E-state index in [2.05, 4.69) is 57.8 Å². The molecule has 0 saturated carbocycles. The number of H-pyrrole nitrogens is 1. The molecule has 12 nitrogen and oxygen atoms in total. The number of likely N-dealkylation sites (tertiary alicyclic amines) is 2. The molecule has 6 atom stereocenters. The third kappa shape index (κ3) is 8.66. The fourth-order valence-electron chi connectivity index (χ4n) is 6.62. The van der Waals surface area contributed by atoms with Crippen molar-refractivity contribution in [3.05, 3.63) is 29.5 Å². The number of carbonyl (C=O) groups is 4. The molecule has 3 aliphatic rings. The minimum Gasteiger partial charge on any atom is -0.469 e. The van der Waals surface area contributed by atoms with Gasteiger partial charge in [0.2, 0.25) is 11.8 Å². The second kappa shape index (κ2) is 16.0. The Morgan fingerprint density at radius 1 is 0.938 bits per heavy atom. The van der Waals surface area contributed by atoms with Gasteiger partial charge < -0.3 is 29.6 Å². The number of carbonyl (C=O) groups excluding carboxylic acids is 4. The summed E-state index contributed by atoms with van der Waals surface area (Å²) in [7, 11) is 2.62. The van der Waals surface area contributed by atoms with Crippen molar-refractivity contribution < 1.29 is 28.7 Å². The molecule has 0 aliphatic carbocycles. The maximum Gasteiger partial charge on any atom is 0.407 e. The lowest BCUT2D eigenvalue weighted by Crippen LogP contribution is -2.51. The minimum absolute atomic E-state index is 0.00142. The number of aromatic amines is 1. The lowest BCUT2D eigenvalue weighted by Gasteiger charge is -2.30. The Labute approximate surface area is 283 Å². The van der Waals surface area contributed by atoms with Crippen LogP contribution in [0.4, 0.5) is 4.79 Å². The number of aromatic nitrogens is 2. The number of hydrogen-bond donors (Lipinski definition) is 2. The van der Waals surface area contributed by atoms with Crippen LogP contribution in [0.15, 0.2) is 23.0 Å². The van der Waals surface area contributed by atoms with Crippen LogP contribution in [0.5, 0.6) is 0 Å². The van der Waals surface area contributed by atoms with Crippen molar-refractivity contribution in [2.24, 2.45) is 34.6 Å². The molecule has 3 amide bonds. The van der Waals surface area contributed by atoms with Gasteiger partial charge in [0.1, 0.15) is 17.6 Å². The summed E-state index contributed by atoms with van der Waals surface area (Å²) in [5.74, 6) is 11.9. The first-order chi connectivity index (χ1) is 22.8. The fourth-order valence-corrected chi connectivity index (χ4v) is 6.62. The highest BCUT2D eigenvalue weighted by Gasteiger charge is 2.42. The van der Waals surface area contributed by atoms with Crippen molar-refractivity contribution >= 4 is 29.6 Å². The molecule has 0 spiro atoms. The largest absolute Gasteiger partial charge is 0.469 e. The summed E-state index contributed by atoms with van der Waals surface area (Å²) in [5.41, 5.74) is 2.30. The summed E-state index contributed by atoms with van der Waals surface area (Å²) < 4.78 is 9.58. The van der Waals surface area contributed by atoms with Crippen molar-refractivity contribution in [3.8, 4) is 23.7 Å². The second-order valence-electron chi connectivity index (χ2n) is 13.8. The molecule has 2 saturated heterocycles. The van der Waals surface area contributed by atoms with Gasteiger partial charge in [-0.2, -0.15) is 0 Å². The van der Waals surface area contributed by atoms with E-state index in [1.807, 2.05) is 32.6 Å². The first kappa shape index (κ1) is 36.3. The zero-order chi connectivity index (χ0) is 35.1. The number of esters is 1. The molecular formula is C36H48N6O6. The summed E-state index contributed by atoms with van der Waals surface area (Å²) in [6.07, 6.45) is 4.88. The molecule has 3 aliphatic heterocycles. The smallest absolute Gasteiger partial charge is 0.407 e. The van der Waals surface area contributed by atoms with Crippen LogP contribution < -0.4 is 5.32 Å². The molecule has 258 valence electrons. The van der Waals surface area contributed by atoms with Gasteiger partial charge in [0.25, 0.3) is 0 Å². The molecule has 0 radical (unpaired) electrons. The van der Waals surface area contributed by atoms with E-state index in [0.717, 1.165) is 24.1 Å². The normalized spacial score (nSPS) is 23.0. The summed E-state index contributed by atoms with van der Waals surface area (Å²) in [4.78, 5) is 67.1. The number of hydrogen-bond acceptors (Lipinski definition) is 8. The van der Waals surface area contributed by atoms with E-state index < -0.39 is 18.1 Å². The Kier molecular flexibility index (Phi) is 12.1. The summed E-state index contributed by atoms with van der Waals surface area (Å²) in [5, 5.41) is 2.67. The third-order valence-corrected chi connectivity index (χ3v) is 9.25. The number of methoxy groups -OCH3 is 2. The summed E-state index contributed by atoms with van der Waals surface area (Å²) in [6, 6.07) is -1.11. The van der Waals surface area contributed by atoms with Gasteiger partial charge in [0.15, 0.2) is 0 Å². The van der Waals surface area contributed by atoms with Crippen LogP contribution in [-0.2, 0) is 23.9 Å². The predicted molar refractivity (Wildman–Crippen MR) is 180 cm³/mol. The van der Waals surface area contributed by atoms with E-state index in [-0.39, 0.29) is 54.0 Å². The molecular weight excluding hydrogens is 612 g/mol. The average molecular weight is 661 g/mol. The van der Waals surface area contributed by atoms with Crippen LogP contribution in [0.2, 0.25) is 0 Å². The van der Waals surface area contributed by atoms with Crippen molar-refractivity contribution in [2.75, 3.05) is 27.3 Å². The molecule has 4 heterocycles. The van der Waals surface area contributed by atoms with Crippen molar-refractivity contribution in [2.45, 2.75) is 85.4 Å². The lowest BCUT2D eigenvalue weighted by atomic mass is 9.90. The van der Waals surface area contributed by atoms with E-state index in [0.29, 0.717) is 36.9 Å². The molecule has 4 rings (SSSR count). The van der Waals surface area contributed by atoms with Gasteiger partial charge in [-0.25, -0.2) is 9.78 Å². The van der Waals surface area contributed by atoms with Gasteiger partial charge in [0, 0.05) is 37.0 Å². The van der Waals surface area contributed by atoms with Crippen molar-refractivity contribution in [1.82, 2.24) is 25.1 Å². The molecule has 1 aromatic rings. The standard InChI is InChI=1S/C36H48N6O6/c1-21(2)27(16-31(43)47-7)34(44)41-19-23(5)13-29(41)28-15-25(17-37-28)11-9-10-12-26-18-38-33(39-26)30-14-24(6)20-42(30)35(45)32(22(3)4)40-36(46)48-8/h17-18,21-24,27,29-30,32H,13-16,19-20H2,1-8H3,(H,38,39)(H,40,46)/t23-,24-,27-,29-,30-,32-/m0/s1. The van der Waals surface area contributed by atoms with E-state index in [1.165, 1.54) is 14.2 Å². The number of nitrogens with one attached hydrogen (secondary N) is 2. The zero-order valence-corrected chi connectivity index (χ0v) is 29.3. The first-order valence-corrected chi connectivity index (χ1v) is 16.7. The maximum absolute atomic E-state index is 13.6. The molecule has 1 aromatic heterocycles. The highest BCUT2D eigenvalue weighted by Crippen LogP contribution is 2.35. The highest BCUT2D eigenvalue weighted by atomic mass is 16.5. The molecule has 0 unspecified atom stereocenters. The van der Waals surface area contributed by atoms with E-state index in [1.54, 1.807) is 17.3 Å². The Morgan fingerprint density at radius 2 is 1.58 bits per heavy atom. The molecule has 2 fully saturated rings. The van der Waals surface area contributed by atoms with Crippen molar-refractivity contribution in [3.63, 3.8) is 0 Å². The van der Waals surface area contributed by atoms with Gasteiger partial charge in [0.05, 0.1) is 44.8 Å². The summed E-state index contributed by atoms with van der Waals surface area (Å²) in [6.45, 7) is 13.1. The van der Waals surface area contributed by atoms with Crippen molar-refractivity contribution in [1.29, 1.82) is 0 Å². The quantitative estimate of drug-likeness (QED) is 0.302. The Bertz CT molecular complexity index is 1570. The molecule has 2 N–H and O–H groups in total. The number of ether oxygens (including phenoxy) is 2. The Hall–Kier alpha value is -4.58. The van der Waals surface area contributed by atoms with Gasteiger partial charge in [-0.3, -0.25) is 19.4 Å². The number of imidazole rings is 1. The van der Waals surface area contributed by atoms with E-state index in [9.17, 15) is 19.2 Å². The van der Waals surface area contributed by atoms with Crippen LogP contribution in [0.25, 0.3) is 0 Å². The van der Waals surface area contributed by atoms with Crippen LogP contribution in [-0.4, -0.2) is 88.7 Å². The van der Waals surface area contributed by atoms with Gasteiger partial charge in [-0.1, -0.05) is 47.5 Å². The van der Waals surface area contributed by atoms with Gasteiger partial charge in [-0.05, 0) is 54.3 Å². The lowest BCUT2D eigenvalue weighted by molar-refractivity contribution is -0.148. The van der Waals surface area contributed by atoms with E-state index in [4.69, 9.17) is 9.47 Å². The van der Waals surface area contributed by atoms with Gasteiger partial charge >= 0.3 is 12.1 Å². The number of rotatable bonds is 9. The highest BCUT2D eigenvalue weighted by molar-refractivity contribution is 5.98. The molecule has 0 aromatic carbocycles. The number of allylic oxidation sites excluding steroid dienone is 1.